The Bertz CT molecular complexity index is 966. The third-order valence-corrected chi connectivity index (χ3v) is 4.30. The Balaban J connectivity index is 0. The second kappa shape index (κ2) is 20.6. The molecule has 0 radical (unpaired) electrons. The molecular weight excluding hydrogens is 414 g/mol. The van der Waals surface area contributed by atoms with Gasteiger partial charge < -0.3 is 4.90 Å². The van der Waals surface area contributed by atoms with Gasteiger partial charge in [-0.25, -0.2) is 0 Å². The highest BCUT2D eigenvalue weighted by molar-refractivity contribution is 5.97. The Morgan fingerprint density at radius 3 is 2.09 bits per heavy atom. The van der Waals surface area contributed by atoms with E-state index in [1.165, 1.54) is 16.3 Å². The first-order chi connectivity index (χ1) is 16.0. The number of aliphatic imine (C=N–C) groups is 1. The van der Waals surface area contributed by atoms with Gasteiger partial charge in [-0.2, -0.15) is 0 Å². The summed E-state index contributed by atoms with van der Waals surface area (Å²) < 4.78 is 0. The number of hydrogen-bond donors (Lipinski definition) is 0. The van der Waals surface area contributed by atoms with Crippen LogP contribution in [0.15, 0.2) is 102 Å². The van der Waals surface area contributed by atoms with Crippen molar-refractivity contribution in [1.82, 2.24) is 9.88 Å². The van der Waals surface area contributed by atoms with Crippen molar-refractivity contribution in [2.45, 2.75) is 54.9 Å². The van der Waals surface area contributed by atoms with Crippen LogP contribution in [0.3, 0.4) is 0 Å². The normalized spacial score (nSPS) is 11.7. The molecule has 0 aliphatic rings. The molecule has 1 aromatic heterocycles. The molecule has 0 unspecified atom stereocenters. The van der Waals surface area contributed by atoms with Crippen molar-refractivity contribution in [2.24, 2.45) is 4.99 Å². The highest BCUT2D eigenvalue weighted by atomic mass is 15.0. The molecule has 0 bridgehead atoms. The van der Waals surface area contributed by atoms with Gasteiger partial charge in [0.2, 0.25) is 0 Å². The summed E-state index contributed by atoms with van der Waals surface area (Å²) in [5, 5.41) is 2.47. The van der Waals surface area contributed by atoms with E-state index in [-0.39, 0.29) is 0 Å². The molecular formula is C31H47N3. The SMILES string of the molecule is C/C=C\C.C=CC(=C\CC)/C(C)=C/N=C(C)C(=C)C.CN(C)C.Cc1ccc2cnccc2c1. The maximum atomic E-state index is 4.34. The minimum atomic E-state index is 0.967. The standard InChI is InChI=1S/C14H21N.C10H9N.C4H8.C3H9N/c1-7-9-14(8-2)12(5)10-15-13(6)11(3)4;1-8-2-3-10-7-11-5-4-9(10)6-8;1-3-4-2;1-4(2)3/h8-10H,2-3,7H2,1,4-6H3;2-7H,1H3;3-4H,1-2H3;1-3H3/b12-10+,14-9+,15-13?;;4-3-;. The number of hydrogen-bond acceptors (Lipinski definition) is 3. The fourth-order valence-corrected chi connectivity index (χ4v) is 2.21. The minimum absolute atomic E-state index is 0.967. The number of allylic oxidation sites excluding steroid dienone is 7. The minimum Gasteiger partial charge on any atom is -0.312 e. The van der Waals surface area contributed by atoms with Crippen LogP contribution in [-0.2, 0) is 0 Å². The molecule has 0 amide bonds. The number of aryl methyl sites for hydroxylation is 1. The average molecular weight is 462 g/mol. The van der Waals surface area contributed by atoms with Crippen LogP contribution in [0.5, 0.6) is 0 Å². The zero-order valence-corrected chi connectivity index (χ0v) is 23.3. The summed E-state index contributed by atoms with van der Waals surface area (Å²) in [4.78, 5) is 10.4. The Kier molecular flexibility index (Phi) is 20.0. The molecule has 0 spiro atoms. The van der Waals surface area contributed by atoms with E-state index in [0.29, 0.717) is 0 Å². The molecule has 0 fully saturated rings. The summed E-state index contributed by atoms with van der Waals surface area (Å²) in [5.41, 5.74) is 5.54. The summed E-state index contributed by atoms with van der Waals surface area (Å²) in [6.07, 6.45) is 14.6. The number of benzene rings is 1. The van der Waals surface area contributed by atoms with Gasteiger partial charge in [-0.1, -0.05) is 68.1 Å². The Morgan fingerprint density at radius 1 is 1.03 bits per heavy atom. The van der Waals surface area contributed by atoms with Crippen LogP contribution >= 0.6 is 0 Å². The molecule has 3 nitrogen and oxygen atoms in total. The molecule has 2 rings (SSSR count). The van der Waals surface area contributed by atoms with Crippen molar-refractivity contribution < 1.29 is 0 Å². The van der Waals surface area contributed by atoms with E-state index >= 15 is 0 Å². The lowest BCUT2D eigenvalue weighted by Crippen LogP contribution is -1.99. The molecule has 0 atom stereocenters. The number of nitrogens with zero attached hydrogens (tertiary/aromatic N) is 3. The van der Waals surface area contributed by atoms with Crippen molar-refractivity contribution in [3.63, 3.8) is 0 Å². The molecule has 0 aliphatic heterocycles. The van der Waals surface area contributed by atoms with Crippen molar-refractivity contribution in [1.29, 1.82) is 0 Å². The highest BCUT2D eigenvalue weighted by Crippen LogP contribution is 2.13. The van der Waals surface area contributed by atoms with E-state index in [9.17, 15) is 0 Å². The Labute approximate surface area is 210 Å². The molecule has 0 N–H and O–H groups in total. The molecule has 3 heteroatoms. The van der Waals surface area contributed by atoms with Crippen LogP contribution in [-0.4, -0.2) is 36.7 Å². The van der Waals surface area contributed by atoms with Gasteiger partial charge in [0.1, 0.15) is 0 Å². The second-order valence-electron chi connectivity index (χ2n) is 8.31. The van der Waals surface area contributed by atoms with E-state index in [1.807, 2.05) is 104 Å². The number of pyridine rings is 1. The van der Waals surface area contributed by atoms with Crippen LogP contribution in [0.2, 0.25) is 0 Å². The zero-order chi connectivity index (χ0) is 26.5. The quantitative estimate of drug-likeness (QED) is 0.253. The molecule has 0 saturated carbocycles. The van der Waals surface area contributed by atoms with Crippen molar-refractivity contribution in [3.8, 4) is 0 Å². The fourth-order valence-electron chi connectivity index (χ4n) is 2.21. The number of rotatable bonds is 5. The predicted molar refractivity (Wildman–Crippen MR) is 157 cm³/mol. The van der Waals surface area contributed by atoms with Crippen molar-refractivity contribution >= 4 is 16.5 Å². The maximum absolute atomic E-state index is 4.34. The topological polar surface area (TPSA) is 28.5 Å². The van der Waals surface area contributed by atoms with E-state index < -0.39 is 0 Å². The maximum Gasteiger partial charge on any atom is 0.0395 e. The Hall–Kier alpha value is -3.04. The first-order valence-electron chi connectivity index (χ1n) is 11.7. The van der Waals surface area contributed by atoms with Gasteiger partial charge in [0.15, 0.2) is 0 Å². The lowest BCUT2D eigenvalue weighted by atomic mass is 10.1. The van der Waals surface area contributed by atoms with Gasteiger partial charge in [0.25, 0.3) is 0 Å². The highest BCUT2D eigenvalue weighted by Gasteiger charge is 1.94. The molecule has 2 aromatic rings. The lowest BCUT2D eigenvalue weighted by Gasteiger charge is -2.01. The summed E-state index contributed by atoms with van der Waals surface area (Å²) in [7, 11) is 6.00. The average Bonchev–Trinajstić information content (AvgIpc) is 2.80. The smallest absolute Gasteiger partial charge is 0.0395 e. The first kappa shape index (κ1) is 33.1. The second-order valence-corrected chi connectivity index (χ2v) is 8.31. The molecule has 186 valence electrons. The number of aromatic nitrogens is 1. The van der Waals surface area contributed by atoms with Gasteiger partial charge in [0.05, 0.1) is 0 Å². The van der Waals surface area contributed by atoms with E-state index in [1.54, 1.807) is 0 Å². The van der Waals surface area contributed by atoms with Gasteiger partial charge >= 0.3 is 0 Å². The Morgan fingerprint density at radius 2 is 1.62 bits per heavy atom. The number of fused-ring (bicyclic) bond motifs is 1. The lowest BCUT2D eigenvalue weighted by molar-refractivity contribution is 0.505. The third-order valence-electron chi connectivity index (χ3n) is 4.30. The van der Waals surface area contributed by atoms with Crippen LogP contribution in [0, 0.1) is 6.92 Å². The third kappa shape index (κ3) is 17.5. The first-order valence-corrected chi connectivity index (χ1v) is 11.7. The van der Waals surface area contributed by atoms with E-state index in [2.05, 4.69) is 61.3 Å². The van der Waals surface area contributed by atoms with E-state index in [0.717, 1.165) is 28.9 Å². The van der Waals surface area contributed by atoms with Gasteiger partial charge in [0, 0.05) is 29.7 Å². The van der Waals surface area contributed by atoms with E-state index in [4.69, 9.17) is 0 Å². The molecule has 1 aromatic carbocycles. The fraction of sp³-hybridized carbons (Fsp3) is 0.355. The summed E-state index contributed by atoms with van der Waals surface area (Å²) >= 11 is 0. The molecule has 1 heterocycles. The summed E-state index contributed by atoms with van der Waals surface area (Å²) in [5.74, 6) is 0. The van der Waals surface area contributed by atoms with Crippen LogP contribution < -0.4 is 0 Å². The van der Waals surface area contributed by atoms with Gasteiger partial charge in [-0.3, -0.25) is 9.98 Å². The monoisotopic (exact) mass is 461 g/mol. The zero-order valence-electron chi connectivity index (χ0n) is 23.3. The molecule has 0 aliphatic carbocycles. The molecule has 34 heavy (non-hydrogen) atoms. The van der Waals surface area contributed by atoms with Crippen LogP contribution in [0.1, 0.15) is 53.5 Å². The summed E-state index contributed by atoms with van der Waals surface area (Å²) in [6.45, 7) is 21.8. The van der Waals surface area contributed by atoms with Crippen molar-refractivity contribution in [2.75, 3.05) is 21.1 Å². The predicted octanol–water partition coefficient (Wildman–Crippen LogP) is 8.75. The largest absolute Gasteiger partial charge is 0.312 e. The van der Waals surface area contributed by atoms with Crippen molar-refractivity contribution in [3.05, 3.63) is 103 Å². The summed E-state index contributed by atoms with van der Waals surface area (Å²) in [6, 6.07) is 8.39. The van der Waals surface area contributed by atoms with Crippen LogP contribution in [0.4, 0.5) is 0 Å². The van der Waals surface area contributed by atoms with Gasteiger partial charge in [-0.05, 0) is 97.3 Å². The molecule has 0 saturated heterocycles. The van der Waals surface area contributed by atoms with Gasteiger partial charge in [-0.15, -0.1) is 0 Å². The van der Waals surface area contributed by atoms with Crippen LogP contribution in [0.25, 0.3) is 10.8 Å².